The molecule has 9 nitrogen and oxygen atoms in total. The van der Waals surface area contributed by atoms with Crippen molar-refractivity contribution in [3.8, 4) is 11.8 Å². The first-order valence-electron chi connectivity index (χ1n) is 9.74. The van der Waals surface area contributed by atoms with Gasteiger partial charge in [0.15, 0.2) is 5.82 Å². The lowest BCUT2D eigenvalue weighted by atomic mass is 10.1. The third kappa shape index (κ3) is 3.61. The third-order valence-corrected chi connectivity index (χ3v) is 5.34. The Morgan fingerprint density at radius 2 is 2.00 bits per heavy atom. The Bertz CT molecular complexity index is 1460. The fourth-order valence-electron chi connectivity index (χ4n) is 3.50. The van der Waals surface area contributed by atoms with Gasteiger partial charge in [-0.15, -0.1) is 0 Å². The number of nitrogens with zero attached hydrogens (tertiary/aromatic N) is 6. The van der Waals surface area contributed by atoms with E-state index in [-0.39, 0.29) is 22.8 Å². The number of hydrogen-bond acceptors (Lipinski definition) is 8. The van der Waals surface area contributed by atoms with Crippen LogP contribution in [0.5, 0.6) is 0 Å². The van der Waals surface area contributed by atoms with E-state index in [1.165, 1.54) is 4.57 Å². The van der Waals surface area contributed by atoms with Crippen molar-refractivity contribution >= 4 is 34.1 Å². The third-order valence-electron chi connectivity index (χ3n) is 5.03. The number of aryl methyl sites for hydroxylation is 2. The summed E-state index contributed by atoms with van der Waals surface area (Å²) in [5.74, 6) is 1.16. The zero-order chi connectivity index (χ0) is 23.0. The van der Waals surface area contributed by atoms with Gasteiger partial charge in [0.1, 0.15) is 29.1 Å². The van der Waals surface area contributed by atoms with Gasteiger partial charge in [-0.2, -0.15) is 5.26 Å². The molecule has 0 aliphatic heterocycles. The lowest BCUT2D eigenvalue weighted by Crippen LogP contribution is -2.28. The average molecular weight is 447 g/mol. The molecular formula is C22H19ClN8O. The minimum absolute atomic E-state index is 0.0773. The summed E-state index contributed by atoms with van der Waals surface area (Å²) in [6.45, 7) is 5.37. The molecule has 0 aliphatic rings. The molecular weight excluding hydrogens is 428 g/mol. The normalized spacial score (nSPS) is 11.8. The number of aromatic nitrogens is 5. The molecule has 0 radical (unpaired) electrons. The first kappa shape index (κ1) is 21.2. The molecule has 4 aromatic rings. The highest BCUT2D eigenvalue weighted by Gasteiger charge is 2.22. The molecule has 10 heteroatoms. The van der Waals surface area contributed by atoms with Gasteiger partial charge >= 0.3 is 0 Å². The van der Waals surface area contributed by atoms with Crippen LogP contribution in [0.4, 0.5) is 11.6 Å². The SMILES string of the molecule is Cc1nc(N)c(C#N)c(NC(C)c2nc3cccc(Cl)c3c(=O)n2-c2cnccc2C)n1. The molecule has 3 heterocycles. The smallest absolute Gasteiger partial charge is 0.267 e. The fourth-order valence-corrected chi connectivity index (χ4v) is 3.75. The molecule has 1 aromatic carbocycles. The highest BCUT2D eigenvalue weighted by molar-refractivity contribution is 6.35. The summed E-state index contributed by atoms with van der Waals surface area (Å²) in [5, 5.41) is 13.3. The first-order chi connectivity index (χ1) is 15.3. The van der Waals surface area contributed by atoms with E-state index in [2.05, 4.69) is 20.3 Å². The Balaban J connectivity index is 1.97. The van der Waals surface area contributed by atoms with E-state index < -0.39 is 6.04 Å². The van der Waals surface area contributed by atoms with Gasteiger partial charge in [-0.05, 0) is 44.5 Å². The Labute approximate surface area is 188 Å². The van der Waals surface area contributed by atoms with E-state index in [1.54, 1.807) is 37.5 Å². The van der Waals surface area contributed by atoms with Crippen molar-refractivity contribution in [2.75, 3.05) is 11.1 Å². The summed E-state index contributed by atoms with van der Waals surface area (Å²) >= 11 is 6.35. The molecule has 0 fully saturated rings. The molecule has 1 unspecified atom stereocenters. The maximum absolute atomic E-state index is 13.6. The van der Waals surface area contributed by atoms with Gasteiger partial charge in [0.25, 0.3) is 5.56 Å². The predicted molar refractivity (Wildman–Crippen MR) is 123 cm³/mol. The van der Waals surface area contributed by atoms with Crippen LogP contribution in [0.3, 0.4) is 0 Å². The zero-order valence-electron chi connectivity index (χ0n) is 17.6. The minimum atomic E-state index is -0.536. The van der Waals surface area contributed by atoms with Crippen LogP contribution < -0.4 is 16.6 Å². The van der Waals surface area contributed by atoms with Crippen LogP contribution in [0.15, 0.2) is 41.5 Å². The summed E-state index contributed by atoms with van der Waals surface area (Å²) in [5.41, 5.74) is 7.57. The predicted octanol–water partition coefficient (Wildman–Crippen LogP) is 3.47. The summed E-state index contributed by atoms with van der Waals surface area (Å²) < 4.78 is 1.48. The molecule has 160 valence electrons. The lowest BCUT2D eigenvalue weighted by molar-refractivity contribution is 0.726. The molecule has 0 aliphatic carbocycles. The van der Waals surface area contributed by atoms with E-state index in [0.29, 0.717) is 33.3 Å². The number of nitrogen functional groups attached to an aromatic ring is 1. The quantitative estimate of drug-likeness (QED) is 0.486. The number of benzene rings is 1. The molecule has 3 N–H and O–H groups in total. The first-order valence-corrected chi connectivity index (χ1v) is 10.1. The van der Waals surface area contributed by atoms with Gasteiger partial charge in [-0.3, -0.25) is 14.3 Å². The second-order valence-electron chi connectivity index (χ2n) is 7.26. The number of fused-ring (bicyclic) bond motifs is 1. The van der Waals surface area contributed by atoms with E-state index in [4.69, 9.17) is 22.3 Å². The number of nitrogens with one attached hydrogen (secondary N) is 1. The van der Waals surface area contributed by atoms with Crippen molar-refractivity contribution in [1.29, 1.82) is 5.26 Å². The molecule has 4 rings (SSSR count). The second-order valence-corrected chi connectivity index (χ2v) is 7.67. The number of hydrogen-bond donors (Lipinski definition) is 2. The molecule has 3 aromatic heterocycles. The van der Waals surface area contributed by atoms with Gasteiger partial charge in [0, 0.05) is 6.20 Å². The van der Waals surface area contributed by atoms with E-state index in [1.807, 2.05) is 26.0 Å². The highest BCUT2D eigenvalue weighted by Crippen LogP contribution is 2.27. The van der Waals surface area contributed by atoms with Crippen LogP contribution in [-0.2, 0) is 0 Å². The van der Waals surface area contributed by atoms with Crippen molar-refractivity contribution in [3.63, 3.8) is 0 Å². The largest absolute Gasteiger partial charge is 0.382 e. The highest BCUT2D eigenvalue weighted by atomic mass is 35.5. The van der Waals surface area contributed by atoms with Crippen LogP contribution >= 0.6 is 11.6 Å². The summed E-state index contributed by atoms with van der Waals surface area (Å²) in [7, 11) is 0. The number of nitrogens with two attached hydrogens (primary N) is 1. The molecule has 0 spiro atoms. The number of nitriles is 1. The van der Waals surface area contributed by atoms with E-state index in [9.17, 15) is 10.1 Å². The molecule has 0 bridgehead atoms. The van der Waals surface area contributed by atoms with Gasteiger partial charge < -0.3 is 11.1 Å². The van der Waals surface area contributed by atoms with Crippen LogP contribution in [0.25, 0.3) is 16.6 Å². The maximum Gasteiger partial charge on any atom is 0.267 e. The second kappa shape index (κ2) is 8.24. The van der Waals surface area contributed by atoms with Gasteiger partial charge in [-0.25, -0.2) is 15.0 Å². The van der Waals surface area contributed by atoms with Crippen molar-refractivity contribution in [2.45, 2.75) is 26.8 Å². The Morgan fingerprint density at radius 3 is 2.72 bits per heavy atom. The monoisotopic (exact) mass is 446 g/mol. The maximum atomic E-state index is 13.6. The fraction of sp³-hybridized carbons (Fsp3) is 0.182. The number of pyridine rings is 1. The van der Waals surface area contributed by atoms with Gasteiger partial charge in [0.05, 0.1) is 33.9 Å². The Morgan fingerprint density at radius 1 is 1.22 bits per heavy atom. The van der Waals surface area contributed by atoms with Crippen LogP contribution in [0.2, 0.25) is 5.02 Å². The van der Waals surface area contributed by atoms with Crippen LogP contribution in [0, 0.1) is 25.2 Å². The minimum Gasteiger partial charge on any atom is -0.382 e. The van der Waals surface area contributed by atoms with Crippen molar-refractivity contribution in [3.05, 3.63) is 74.8 Å². The molecule has 32 heavy (non-hydrogen) atoms. The number of halogens is 1. The topological polar surface area (TPSA) is 135 Å². The standard InChI is InChI=1S/C22H19ClN8O/c1-11-7-8-26-10-17(11)31-21(30-16-6-4-5-15(23)18(16)22(31)32)12(2)27-20-14(9-24)19(25)28-13(3)29-20/h4-8,10,12H,1-3H3,(H3,25,27,28,29). The van der Waals surface area contributed by atoms with Crippen molar-refractivity contribution < 1.29 is 0 Å². The van der Waals surface area contributed by atoms with Crippen LogP contribution in [-0.4, -0.2) is 24.5 Å². The number of anilines is 2. The van der Waals surface area contributed by atoms with E-state index in [0.717, 1.165) is 5.56 Å². The Hall–Kier alpha value is -4.03. The molecule has 0 saturated heterocycles. The summed E-state index contributed by atoms with van der Waals surface area (Å²) in [6, 6.07) is 8.41. The molecule has 0 amide bonds. The number of rotatable bonds is 4. The Kier molecular flexibility index (Phi) is 5.47. The van der Waals surface area contributed by atoms with Crippen LogP contribution in [0.1, 0.15) is 35.7 Å². The van der Waals surface area contributed by atoms with E-state index >= 15 is 0 Å². The summed E-state index contributed by atoms with van der Waals surface area (Å²) in [4.78, 5) is 30.9. The van der Waals surface area contributed by atoms with Gasteiger partial charge in [0.2, 0.25) is 0 Å². The lowest BCUT2D eigenvalue weighted by Gasteiger charge is -2.21. The molecule has 0 saturated carbocycles. The average Bonchev–Trinajstić information content (AvgIpc) is 2.74. The molecule has 1 atom stereocenters. The summed E-state index contributed by atoms with van der Waals surface area (Å²) in [6.07, 6.45) is 3.25. The van der Waals surface area contributed by atoms with Crippen molar-refractivity contribution in [1.82, 2.24) is 24.5 Å². The van der Waals surface area contributed by atoms with Crippen molar-refractivity contribution in [2.24, 2.45) is 0 Å². The zero-order valence-corrected chi connectivity index (χ0v) is 18.3. The van der Waals surface area contributed by atoms with Gasteiger partial charge in [-0.1, -0.05) is 17.7 Å².